The molecule has 3 heteroatoms. The molecule has 4 atom stereocenters. The number of aryl methyl sites for hydroxylation is 2. The molecule has 0 fully saturated rings. The van der Waals surface area contributed by atoms with Gasteiger partial charge in [0.1, 0.15) is 0 Å². The van der Waals surface area contributed by atoms with Crippen molar-refractivity contribution >= 4 is 48.0 Å². The first kappa shape index (κ1) is 43.2. The van der Waals surface area contributed by atoms with Gasteiger partial charge in [0.25, 0.3) is 0 Å². The minimum Gasteiger partial charge on any atom is -0.161 e. The van der Waals surface area contributed by atoms with Crippen LogP contribution in [0.1, 0.15) is 92.2 Å². The van der Waals surface area contributed by atoms with Crippen LogP contribution in [0, 0.1) is 0 Å². The van der Waals surface area contributed by atoms with Gasteiger partial charge in [0.05, 0.1) is 0 Å². The van der Waals surface area contributed by atoms with Gasteiger partial charge in [-0.15, -0.1) is 80.7 Å². The topological polar surface area (TPSA) is 0 Å². The van der Waals surface area contributed by atoms with Crippen LogP contribution in [-0.2, 0) is 39.0 Å². The van der Waals surface area contributed by atoms with E-state index in [1.54, 1.807) is 10.6 Å². The Bertz CT molecular complexity index is 1570. The Morgan fingerprint density at radius 2 is 0.725 bits per heavy atom. The van der Waals surface area contributed by atoms with Crippen LogP contribution in [0.3, 0.4) is 0 Å². The van der Waals surface area contributed by atoms with Gasteiger partial charge >= 0.3 is 26.2 Å². The second kappa shape index (κ2) is 22.8. The van der Waals surface area contributed by atoms with E-state index in [9.17, 15) is 0 Å². The molecule has 6 rings (SSSR count). The third-order valence-electron chi connectivity index (χ3n) is 10.5. The van der Waals surface area contributed by atoms with Crippen molar-refractivity contribution in [2.45, 2.75) is 117 Å². The molecule has 0 aromatic heterocycles. The van der Waals surface area contributed by atoms with Crippen LogP contribution in [0.4, 0.5) is 0 Å². The summed E-state index contributed by atoms with van der Waals surface area (Å²) < 4.78 is 0. The molecule has 0 spiro atoms. The molecule has 0 nitrogen and oxygen atoms in total. The normalized spacial score (nSPS) is 14.5. The molecule has 0 saturated carbocycles. The van der Waals surface area contributed by atoms with E-state index >= 15 is 0 Å². The Morgan fingerprint density at radius 3 is 1.02 bits per heavy atom. The molecular weight excluding hydrogens is 730 g/mol. The summed E-state index contributed by atoms with van der Waals surface area (Å²) in [5.41, 5.74) is 6.13. The minimum absolute atomic E-state index is 0. The van der Waals surface area contributed by atoms with E-state index in [2.05, 4.69) is 189 Å². The number of rotatable bonds is 13. The molecule has 0 N–H and O–H groups in total. The summed E-state index contributed by atoms with van der Waals surface area (Å²) in [5.74, 6) is 0. The zero-order chi connectivity index (χ0) is 35.9. The summed E-state index contributed by atoms with van der Waals surface area (Å²) in [7, 11) is -0.0504. The molecule has 0 saturated heterocycles. The van der Waals surface area contributed by atoms with Crippen molar-refractivity contribution < 1.29 is 26.2 Å². The van der Waals surface area contributed by atoms with Crippen LogP contribution >= 0.6 is 15.8 Å². The van der Waals surface area contributed by atoms with Crippen LogP contribution in [0.5, 0.6) is 0 Å². The summed E-state index contributed by atoms with van der Waals surface area (Å²) in [5, 5.41) is 8.85. The second-order valence-electron chi connectivity index (χ2n) is 14.0. The number of fused-ring (bicyclic) bond motifs is 2. The van der Waals surface area contributed by atoms with Crippen molar-refractivity contribution in [2.24, 2.45) is 0 Å². The molecule has 4 unspecified atom stereocenters. The number of hydrogen-bond donors (Lipinski definition) is 0. The molecule has 51 heavy (non-hydrogen) atoms. The quantitative estimate of drug-likeness (QED) is 0.0807. The third kappa shape index (κ3) is 12.7. The first-order valence-electron chi connectivity index (χ1n) is 19.2. The summed E-state index contributed by atoms with van der Waals surface area (Å²) >= 11 is 0. The molecule has 0 radical (unpaired) electrons. The Balaban J connectivity index is 0.000000206. The van der Waals surface area contributed by atoms with Gasteiger partial charge in [-0.1, -0.05) is 144 Å². The van der Waals surface area contributed by atoms with Gasteiger partial charge in [0.15, 0.2) is 0 Å². The van der Waals surface area contributed by atoms with E-state index in [0.29, 0.717) is 0 Å². The van der Waals surface area contributed by atoms with Crippen LogP contribution < -0.4 is 10.6 Å². The molecule has 6 aromatic rings. The summed E-state index contributed by atoms with van der Waals surface area (Å²) in [4.78, 5) is 0. The van der Waals surface area contributed by atoms with Gasteiger partial charge in [-0.2, -0.15) is 12.1 Å². The third-order valence-corrected chi connectivity index (χ3v) is 17.4. The fourth-order valence-electron chi connectivity index (χ4n) is 6.82. The largest absolute Gasteiger partial charge is 2.00 e. The smallest absolute Gasteiger partial charge is 0.161 e. The van der Waals surface area contributed by atoms with Crippen LogP contribution in [0.25, 0.3) is 21.5 Å². The molecular formula is C48H62P2Zr. The van der Waals surface area contributed by atoms with Crippen molar-refractivity contribution in [1.29, 1.82) is 0 Å². The molecule has 0 aliphatic rings. The molecule has 0 aliphatic carbocycles. The van der Waals surface area contributed by atoms with E-state index in [1.807, 2.05) is 0 Å². The van der Waals surface area contributed by atoms with Crippen molar-refractivity contribution in [2.75, 3.05) is 0 Å². The minimum atomic E-state index is -0.0252. The van der Waals surface area contributed by atoms with Crippen molar-refractivity contribution in [3.8, 4) is 0 Å². The van der Waals surface area contributed by atoms with Gasteiger partial charge in [-0.05, 0) is 72.3 Å². The zero-order valence-corrected chi connectivity index (χ0v) is 36.9. The maximum atomic E-state index is 2.43. The maximum Gasteiger partial charge on any atom is 2.00 e. The fraction of sp³-hybridized carbons (Fsp3) is 0.375. The molecule has 0 aliphatic heterocycles. The van der Waals surface area contributed by atoms with Crippen LogP contribution in [-0.4, -0.2) is 22.6 Å². The zero-order valence-electron chi connectivity index (χ0n) is 32.6. The molecule has 6 aromatic carbocycles. The molecule has 0 amide bonds. The summed E-state index contributed by atoms with van der Waals surface area (Å²) in [6.07, 6.45) is 7.42. The Kier molecular flexibility index (Phi) is 19.3. The predicted octanol–water partition coefficient (Wildman–Crippen LogP) is 14.0. The molecule has 0 heterocycles. The van der Waals surface area contributed by atoms with E-state index in [-0.39, 0.29) is 42.0 Å². The Hall–Kier alpha value is -2.16. The first-order chi connectivity index (χ1) is 24.3. The van der Waals surface area contributed by atoms with Crippen molar-refractivity contribution in [1.82, 2.24) is 0 Å². The number of benzene rings is 4. The van der Waals surface area contributed by atoms with Gasteiger partial charge in [0.2, 0.25) is 0 Å². The van der Waals surface area contributed by atoms with Crippen molar-refractivity contribution in [3.05, 3.63) is 145 Å². The Labute approximate surface area is 333 Å². The van der Waals surface area contributed by atoms with E-state index in [1.165, 1.54) is 58.4 Å². The Morgan fingerprint density at radius 1 is 0.431 bits per heavy atom. The van der Waals surface area contributed by atoms with Gasteiger partial charge < -0.3 is 0 Å². The van der Waals surface area contributed by atoms with Crippen LogP contribution in [0.15, 0.2) is 133 Å². The van der Waals surface area contributed by atoms with E-state index in [0.717, 1.165) is 35.5 Å². The summed E-state index contributed by atoms with van der Waals surface area (Å²) in [6.45, 7) is 19.0. The van der Waals surface area contributed by atoms with Crippen LogP contribution in [0.2, 0.25) is 0 Å². The van der Waals surface area contributed by atoms with Gasteiger partial charge in [-0.3, -0.25) is 0 Å². The van der Waals surface area contributed by atoms with Gasteiger partial charge in [-0.25, -0.2) is 0 Å². The van der Waals surface area contributed by atoms with E-state index < -0.39 is 0 Å². The average molecular weight is 792 g/mol. The van der Waals surface area contributed by atoms with Crippen molar-refractivity contribution in [3.63, 3.8) is 0 Å². The standard InChI is InChI=1S/2C17H24P.C14H14.Zr/c2*1-5-13(3)18(14(4)6-2)17-11-15-9-7-8-10-16(15)12-17;1-3-7-13(8-4-1)11-12-14-9-5-2-6-10-14;/h2*7-14H,5-6H2,1-4H3;1-10H,11-12H2;/q2*-1;;+2. The SMILES string of the molecule is CCC(C)P(c1cc2ccccc2[cH-]1)C(C)CC.CCC(C)P(c1cc2ccccc2[cH-]1)C(C)CC.[Zr+2].c1ccc(CCc2ccccc2)cc1. The fourth-order valence-corrected chi connectivity index (χ4v) is 13.3. The summed E-state index contributed by atoms with van der Waals surface area (Å²) in [6, 6.07) is 48.5. The average Bonchev–Trinajstić information content (AvgIpc) is 3.79. The predicted molar refractivity (Wildman–Crippen MR) is 231 cm³/mol. The van der Waals surface area contributed by atoms with Gasteiger partial charge in [0, 0.05) is 0 Å². The first-order valence-corrected chi connectivity index (χ1v) is 22.2. The molecule has 268 valence electrons. The monoisotopic (exact) mass is 790 g/mol. The van der Waals surface area contributed by atoms with E-state index in [4.69, 9.17) is 0 Å². The second-order valence-corrected chi connectivity index (χ2v) is 20.2. The maximum absolute atomic E-state index is 2.43. The number of hydrogen-bond acceptors (Lipinski definition) is 0. The molecule has 0 bridgehead atoms.